The van der Waals surface area contributed by atoms with Crippen LogP contribution in [0.15, 0.2) is 23.7 Å². The number of ether oxygens (including phenoxy) is 2. The van der Waals surface area contributed by atoms with E-state index in [0.717, 1.165) is 30.9 Å². The lowest BCUT2D eigenvalue weighted by Crippen LogP contribution is -2.37. The lowest BCUT2D eigenvalue weighted by molar-refractivity contribution is 0.162. The molecule has 21 heavy (non-hydrogen) atoms. The highest BCUT2D eigenvalue weighted by atomic mass is 16.5. The van der Waals surface area contributed by atoms with Gasteiger partial charge in [-0.3, -0.25) is 0 Å². The topological polar surface area (TPSA) is 21.7 Å². The van der Waals surface area contributed by atoms with Crippen molar-refractivity contribution < 1.29 is 9.47 Å². The minimum Gasteiger partial charge on any atom is -0.493 e. The molecule has 1 aliphatic heterocycles. The molecule has 0 radical (unpaired) electrons. The standard InChI is InChI=1S/C18H33NO2/c1-8-9-18(4)11-15(3)19(5)13-14(2)10-16(20-6)17(12-18)21-7/h10,12,14-15H,8-9,11,13H2,1-7H3/b16-10+,17-12+/t14?,15?,18-/m1/s1. The molecule has 1 aliphatic rings. The number of nitrogens with zero attached hydrogens (tertiary/aromatic N) is 1. The summed E-state index contributed by atoms with van der Waals surface area (Å²) in [5.74, 6) is 2.16. The van der Waals surface area contributed by atoms with Crippen LogP contribution in [0.5, 0.6) is 0 Å². The highest BCUT2D eigenvalue weighted by Gasteiger charge is 2.28. The molecule has 2 unspecified atom stereocenters. The summed E-state index contributed by atoms with van der Waals surface area (Å²) in [6.45, 7) is 10.2. The summed E-state index contributed by atoms with van der Waals surface area (Å²) in [5.41, 5.74) is 0.131. The van der Waals surface area contributed by atoms with Crippen LogP contribution in [0.3, 0.4) is 0 Å². The summed E-state index contributed by atoms with van der Waals surface area (Å²) in [6, 6.07) is 0.552. The molecular weight excluding hydrogens is 262 g/mol. The molecule has 0 aromatic carbocycles. The first-order chi connectivity index (χ1) is 9.85. The third-order valence-electron chi connectivity index (χ3n) is 4.51. The van der Waals surface area contributed by atoms with E-state index in [1.165, 1.54) is 6.42 Å². The van der Waals surface area contributed by atoms with E-state index < -0.39 is 0 Å². The Bertz CT molecular complexity index is 389. The lowest BCUT2D eigenvalue weighted by atomic mass is 9.78. The molecule has 3 nitrogen and oxygen atoms in total. The zero-order chi connectivity index (χ0) is 16.0. The minimum absolute atomic E-state index is 0.131. The van der Waals surface area contributed by atoms with Crippen LogP contribution in [-0.4, -0.2) is 38.8 Å². The van der Waals surface area contributed by atoms with E-state index in [1.54, 1.807) is 14.2 Å². The van der Waals surface area contributed by atoms with Gasteiger partial charge in [0.15, 0.2) is 11.5 Å². The lowest BCUT2D eigenvalue weighted by Gasteiger charge is -2.36. The zero-order valence-electron chi connectivity index (χ0n) is 14.9. The minimum atomic E-state index is 0.131. The average molecular weight is 295 g/mol. The first-order valence-electron chi connectivity index (χ1n) is 8.08. The molecule has 0 fully saturated rings. The summed E-state index contributed by atoms with van der Waals surface area (Å²) in [6.07, 6.45) is 7.91. The van der Waals surface area contributed by atoms with E-state index in [2.05, 4.69) is 51.8 Å². The van der Waals surface area contributed by atoms with Crippen LogP contribution in [0.2, 0.25) is 0 Å². The molecule has 0 aromatic rings. The van der Waals surface area contributed by atoms with Gasteiger partial charge in [-0.15, -0.1) is 0 Å². The van der Waals surface area contributed by atoms with Crippen molar-refractivity contribution in [3.8, 4) is 0 Å². The van der Waals surface area contributed by atoms with Gasteiger partial charge in [0.2, 0.25) is 0 Å². The SMILES string of the molecule is CCC[C@@]1(C)/C=C(OC)\C(OC)=C/C(C)CN(C)C(C)C1. The van der Waals surface area contributed by atoms with E-state index in [9.17, 15) is 0 Å². The van der Waals surface area contributed by atoms with Gasteiger partial charge >= 0.3 is 0 Å². The second-order valence-corrected chi connectivity index (χ2v) is 6.82. The molecule has 0 saturated carbocycles. The second kappa shape index (κ2) is 7.88. The maximum absolute atomic E-state index is 5.63. The molecule has 122 valence electrons. The van der Waals surface area contributed by atoms with Crippen LogP contribution in [-0.2, 0) is 9.47 Å². The largest absolute Gasteiger partial charge is 0.493 e. The maximum Gasteiger partial charge on any atom is 0.156 e. The predicted octanol–water partition coefficient (Wildman–Crippen LogP) is 4.21. The van der Waals surface area contributed by atoms with Gasteiger partial charge in [0.25, 0.3) is 0 Å². The number of methoxy groups -OCH3 is 2. The quantitative estimate of drug-likeness (QED) is 0.775. The van der Waals surface area contributed by atoms with Gasteiger partial charge in [-0.05, 0) is 50.3 Å². The predicted molar refractivity (Wildman–Crippen MR) is 89.1 cm³/mol. The molecule has 1 heterocycles. The normalized spacial score (nSPS) is 37.1. The molecule has 0 amide bonds. The first-order valence-corrected chi connectivity index (χ1v) is 8.08. The summed E-state index contributed by atoms with van der Waals surface area (Å²) < 4.78 is 11.2. The first kappa shape index (κ1) is 18.1. The Hall–Kier alpha value is -0.960. The van der Waals surface area contributed by atoms with Crippen molar-refractivity contribution in [3.63, 3.8) is 0 Å². The van der Waals surface area contributed by atoms with E-state index in [-0.39, 0.29) is 5.41 Å². The van der Waals surface area contributed by atoms with Gasteiger partial charge in [0, 0.05) is 12.6 Å². The molecule has 0 spiro atoms. The third-order valence-corrected chi connectivity index (χ3v) is 4.51. The highest BCUT2D eigenvalue weighted by molar-refractivity contribution is 5.24. The van der Waals surface area contributed by atoms with Crippen LogP contribution < -0.4 is 0 Å². The Morgan fingerprint density at radius 2 is 1.86 bits per heavy atom. The second-order valence-electron chi connectivity index (χ2n) is 6.82. The third kappa shape index (κ3) is 5.06. The van der Waals surface area contributed by atoms with Crippen LogP contribution in [0.1, 0.15) is 47.0 Å². The molecular formula is C18H33NO2. The fourth-order valence-electron chi connectivity index (χ4n) is 3.38. The summed E-state index contributed by atoms with van der Waals surface area (Å²) in [7, 11) is 5.67. The Balaban J connectivity index is 3.26. The molecule has 0 saturated heterocycles. The van der Waals surface area contributed by atoms with Gasteiger partial charge < -0.3 is 14.4 Å². The molecule has 0 bridgehead atoms. The van der Waals surface area contributed by atoms with Crippen LogP contribution >= 0.6 is 0 Å². The number of rotatable bonds is 4. The Labute approximate surface area is 131 Å². The van der Waals surface area contributed by atoms with E-state index in [4.69, 9.17) is 9.47 Å². The van der Waals surface area contributed by atoms with Crippen molar-refractivity contribution in [3.05, 3.63) is 23.7 Å². The van der Waals surface area contributed by atoms with Gasteiger partial charge in [-0.25, -0.2) is 0 Å². The smallest absolute Gasteiger partial charge is 0.156 e. The fraction of sp³-hybridized carbons (Fsp3) is 0.778. The zero-order valence-corrected chi connectivity index (χ0v) is 14.9. The van der Waals surface area contributed by atoms with Crippen LogP contribution in [0.4, 0.5) is 0 Å². The summed E-state index contributed by atoms with van der Waals surface area (Å²) in [5, 5.41) is 0. The maximum atomic E-state index is 5.63. The Kier molecular flexibility index (Phi) is 6.79. The van der Waals surface area contributed by atoms with Crippen molar-refractivity contribution in [1.29, 1.82) is 0 Å². The van der Waals surface area contributed by atoms with Crippen molar-refractivity contribution >= 4 is 0 Å². The molecule has 0 N–H and O–H groups in total. The van der Waals surface area contributed by atoms with Gasteiger partial charge in [-0.2, -0.15) is 0 Å². The van der Waals surface area contributed by atoms with Crippen LogP contribution in [0.25, 0.3) is 0 Å². The average Bonchev–Trinajstić information content (AvgIpc) is 2.41. The molecule has 1 rings (SSSR count). The number of hydrogen-bond donors (Lipinski definition) is 0. The van der Waals surface area contributed by atoms with Gasteiger partial charge in [0.1, 0.15) is 0 Å². The van der Waals surface area contributed by atoms with Crippen molar-refractivity contribution in [2.45, 2.75) is 53.0 Å². The van der Waals surface area contributed by atoms with Gasteiger partial charge in [0.05, 0.1) is 14.2 Å². The molecule has 3 heteroatoms. The summed E-state index contributed by atoms with van der Waals surface area (Å²) >= 11 is 0. The highest BCUT2D eigenvalue weighted by Crippen LogP contribution is 2.35. The molecule has 0 aromatic heterocycles. The fourth-order valence-corrected chi connectivity index (χ4v) is 3.38. The van der Waals surface area contributed by atoms with Crippen molar-refractivity contribution in [2.24, 2.45) is 11.3 Å². The van der Waals surface area contributed by atoms with E-state index in [1.807, 2.05) is 0 Å². The van der Waals surface area contributed by atoms with Crippen molar-refractivity contribution in [2.75, 3.05) is 27.8 Å². The number of hydrogen-bond acceptors (Lipinski definition) is 3. The van der Waals surface area contributed by atoms with E-state index in [0.29, 0.717) is 12.0 Å². The van der Waals surface area contributed by atoms with Crippen LogP contribution in [0, 0.1) is 11.3 Å². The van der Waals surface area contributed by atoms with Gasteiger partial charge in [-0.1, -0.05) is 27.2 Å². The Morgan fingerprint density at radius 1 is 1.24 bits per heavy atom. The van der Waals surface area contributed by atoms with E-state index >= 15 is 0 Å². The van der Waals surface area contributed by atoms with Crippen molar-refractivity contribution in [1.82, 2.24) is 4.90 Å². The Morgan fingerprint density at radius 3 is 2.38 bits per heavy atom. The molecule has 0 aliphatic carbocycles. The molecule has 3 atom stereocenters. The monoisotopic (exact) mass is 295 g/mol. The number of allylic oxidation sites excluding steroid dienone is 1. The summed E-state index contributed by atoms with van der Waals surface area (Å²) in [4.78, 5) is 2.45.